The minimum atomic E-state index is -1.37. The first-order chi connectivity index (χ1) is 12.8. The van der Waals surface area contributed by atoms with Gasteiger partial charge >= 0.3 is 5.97 Å². The summed E-state index contributed by atoms with van der Waals surface area (Å²) in [4.78, 5) is 25.6. The number of carboxylic acid groups (broad SMARTS) is 1. The maximum Gasteiger partial charge on any atom is 0.341 e. The summed E-state index contributed by atoms with van der Waals surface area (Å²) < 4.78 is 35.5. The highest BCUT2D eigenvalue weighted by Gasteiger charge is 2.36. The quantitative estimate of drug-likeness (QED) is 0.839. The molecule has 9 heteroatoms. The van der Waals surface area contributed by atoms with Crippen molar-refractivity contribution in [3.63, 3.8) is 0 Å². The molecule has 1 aromatic heterocycles. The van der Waals surface area contributed by atoms with Crippen molar-refractivity contribution in [1.82, 2.24) is 4.57 Å². The molecule has 1 saturated heterocycles. The second-order valence-electron chi connectivity index (χ2n) is 7.16. The molecule has 1 fully saturated rings. The number of benzene rings is 1. The summed E-state index contributed by atoms with van der Waals surface area (Å²) in [6.07, 6.45) is 1.27. The second-order valence-corrected chi connectivity index (χ2v) is 7.16. The molecule has 3 unspecified atom stereocenters. The number of carboxylic acids is 1. The highest BCUT2D eigenvalue weighted by Crippen LogP contribution is 2.43. The van der Waals surface area contributed by atoms with Gasteiger partial charge in [-0.05, 0) is 13.0 Å². The summed E-state index contributed by atoms with van der Waals surface area (Å²) in [7, 11) is 0. The van der Waals surface area contributed by atoms with Gasteiger partial charge < -0.3 is 25.0 Å². The van der Waals surface area contributed by atoms with E-state index in [0.29, 0.717) is 5.52 Å². The van der Waals surface area contributed by atoms with Crippen LogP contribution in [-0.2, 0) is 0 Å². The fraction of sp³-hybridized carbons (Fsp3) is 0.444. The number of carbonyl (C=O) groups is 1. The Balaban J connectivity index is 2.00. The van der Waals surface area contributed by atoms with Crippen LogP contribution in [0.1, 0.15) is 23.3 Å². The molecule has 1 aromatic carbocycles. The lowest BCUT2D eigenvalue weighted by Crippen LogP contribution is -2.31. The molecule has 0 spiro atoms. The van der Waals surface area contributed by atoms with Crippen molar-refractivity contribution in [3.05, 3.63) is 33.9 Å². The Morgan fingerprint density at radius 2 is 2.19 bits per heavy atom. The van der Waals surface area contributed by atoms with E-state index < -0.39 is 41.4 Å². The summed E-state index contributed by atoms with van der Waals surface area (Å²) in [6, 6.07) is 0.364. The topological polar surface area (TPSA) is 97.8 Å². The normalized spacial score (nSPS) is 24.3. The molecular weight excluding hydrogens is 360 g/mol. The molecule has 3 heterocycles. The van der Waals surface area contributed by atoms with E-state index in [0.717, 1.165) is 6.07 Å². The molecule has 2 aliphatic heterocycles. The highest BCUT2D eigenvalue weighted by atomic mass is 19.1. The first-order valence-corrected chi connectivity index (χ1v) is 8.67. The zero-order chi connectivity index (χ0) is 19.5. The van der Waals surface area contributed by atoms with Gasteiger partial charge in [-0.1, -0.05) is 0 Å². The lowest BCUT2D eigenvalue weighted by molar-refractivity contribution is 0.0694. The minimum Gasteiger partial charge on any atom is -0.487 e. The van der Waals surface area contributed by atoms with Gasteiger partial charge in [-0.2, -0.15) is 0 Å². The van der Waals surface area contributed by atoms with Crippen LogP contribution in [-0.4, -0.2) is 48.1 Å². The SMILES string of the molecule is CC1COc2c(N3CC(N)C(CF)C3)c(F)cc3c(=O)c(C(=O)O)cn1c23. The van der Waals surface area contributed by atoms with Crippen molar-refractivity contribution in [1.29, 1.82) is 0 Å². The summed E-state index contributed by atoms with van der Waals surface area (Å²) in [6.45, 7) is 1.90. The Morgan fingerprint density at radius 3 is 2.81 bits per heavy atom. The van der Waals surface area contributed by atoms with Gasteiger partial charge in [0.15, 0.2) is 11.6 Å². The Morgan fingerprint density at radius 1 is 1.44 bits per heavy atom. The number of rotatable bonds is 3. The molecule has 0 radical (unpaired) electrons. The first kappa shape index (κ1) is 17.7. The van der Waals surface area contributed by atoms with Gasteiger partial charge in [0.1, 0.15) is 17.9 Å². The molecule has 0 bridgehead atoms. The molecule has 0 saturated carbocycles. The van der Waals surface area contributed by atoms with Crippen LogP contribution in [0.25, 0.3) is 10.9 Å². The predicted molar refractivity (Wildman–Crippen MR) is 95.0 cm³/mol. The third-order valence-corrected chi connectivity index (χ3v) is 5.38. The van der Waals surface area contributed by atoms with Crippen molar-refractivity contribution in [3.8, 4) is 5.75 Å². The van der Waals surface area contributed by atoms with Gasteiger partial charge in [-0.3, -0.25) is 9.18 Å². The second kappa shape index (κ2) is 6.19. The third kappa shape index (κ3) is 2.56. The van der Waals surface area contributed by atoms with Crippen LogP contribution >= 0.6 is 0 Å². The zero-order valence-electron chi connectivity index (χ0n) is 14.6. The average Bonchev–Trinajstić information content (AvgIpc) is 2.99. The van der Waals surface area contributed by atoms with Crippen LogP contribution in [0.5, 0.6) is 5.75 Å². The predicted octanol–water partition coefficient (Wildman–Crippen LogP) is 1.53. The van der Waals surface area contributed by atoms with E-state index in [1.54, 1.807) is 9.47 Å². The van der Waals surface area contributed by atoms with E-state index in [1.807, 2.05) is 6.92 Å². The van der Waals surface area contributed by atoms with Gasteiger partial charge in [0.2, 0.25) is 5.43 Å². The number of alkyl halides is 1. The molecule has 27 heavy (non-hydrogen) atoms. The van der Waals surface area contributed by atoms with Crippen molar-refractivity contribution in [2.24, 2.45) is 11.7 Å². The van der Waals surface area contributed by atoms with E-state index in [4.69, 9.17) is 10.5 Å². The number of aromatic nitrogens is 1. The number of nitrogens with two attached hydrogens (primary N) is 1. The monoisotopic (exact) mass is 379 g/mol. The summed E-state index contributed by atoms with van der Waals surface area (Å²) in [5.41, 5.74) is 5.24. The number of anilines is 1. The number of hydrogen-bond acceptors (Lipinski definition) is 5. The fourth-order valence-electron chi connectivity index (χ4n) is 3.90. The molecule has 2 aliphatic rings. The van der Waals surface area contributed by atoms with E-state index in [-0.39, 0.29) is 42.6 Å². The molecule has 2 aromatic rings. The summed E-state index contributed by atoms with van der Waals surface area (Å²) >= 11 is 0. The molecule has 4 rings (SSSR count). The maximum atomic E-state index is 15.0. The Kier molecular flexibility index (Phi) is 4.06. The van der Waals surface area contributed by atoms with E-state index in [9.17, 15) is 23.5 Å². The molecule has 0 amide bonds. The van der Waals surface area contributed by atoms with Gasteiger partial charge in [0.05, 0.1) is 23.6 Å². The molecule has 3 N–H and O–H groups in total. The smallest absolute Gasteiger partial charge is 0.341 e. The van der Waals surface area contributed by atoms with Crippen molar-refractivity contribution in [2.75, 3.05) is 31.3 Å². The largest absolute Gasteiger partial charge is 0.487 e. The number of hydrogen-bond donors (Lipinski definition) is 2. The van der Waals surface area contributed by atoms with E-state index in [2.05, 4.69) is 0 Å². The molecule has 144 valence electrons. The summed E-state index contributed by atoms with van der Waals surface area (Å²) in [5.74, 6) is -2.33. The number of halogens is 2. The molecule has 0 aliphatic carbocycles. The van der Waals surface area contributed by atoms with Gasteiger partial charge in [0, 0.05) is 31.2 Å². The Hall–Kier alpha value is -2.68. The van der Waals surface area contributed by atoms with Gasteiger partial charge in [-0.15, -0.1) is 0 Å². The van der Waals surface area contributed by atoms with Crippen LogP contribution < -0.4 is 20.8 Å². The zero-order valence-corrected chi connectivity index (χ0v) is 14.6. The van der Waals surface area contributed by atoms with Crippen LogP contribution in [0.2, 0.25) is 0 Å². The number of pyridine rings is 1. The lowest BCUT2D eigenvalue weighted by Gasteiger charge is -2.31. The van der Waals surface area contributed by atoms with Crippen LogP contribution in [0.3, 0.4) is 0 Å². The maximum absolute atomic E-state index is 15.0. The Bertz CT molecular complexity index is 1010. The van der Waals surface area contributed by atoms with Gasteiger partial charge in [0.25, 0.3) is 0 Å². The van der Waals surface area contributed by atoms with Crippen LogP contribution in [0.15, 0.2) is 17.1 Å². The Labute approximate surface area is 152 Å². The van der Waals surface area contributed by atoms with Crippen molar-refractivity contribution >= 4 is 22.6 Å². The average molecular weight is 379 g/mol. The first-order valence-electron chi connectivity index (χ1n) is 8.67. The molecular formula is C18H19F2N3O4. The molecule has 7 nitrogen and oxygen atoms in total. The summed E-state index contributed by atoms with van der Waals surface area (Å²) in [5, 5.41) is 9.25. The van der Waals surface area contributed by atoms with E-state index in [1.165, 1.54) is 6.20 Å². The van der Waals surface area contributed by atoms with Crippen molar-refractivity contribution in [2.45, 2.75) is 19.0 Å². The van der Waals surface area contributed by atoms with Crippen LogP contribution in [0.4, 0.5) is 14.5 Å². The minimum absolute atomic E-state index is 0.0526. The lowest BCUT2D eigenvalue weighted by atomic mass is 10.1. The van der Waals surface area contributed by atoms with E-state index >= 15 is 0 Å². The number of aromatic carboxylic acids is 1. The fourth-order valence-corrected chi connectivity index (χ4v) is 3.90. The van der Waals surface area contributed by atoms with Crippen LogP contribution in [0, 0.1) is 11.7 Å². The van der Waals surface area contributed by atoms with Crippen molar-refractivity contribution < 1.29 is 23.4 Å². The van der Waals surface area contributed by atoms with Gasteiger partial charge in [-0.25, -0.2) is 9.18 Å². The standard InChI is InChI=1S/C18H19F2N3O4/c1-8-7-27-17-14-10(16(24)11(18(25)26)5-23(8)14)2-12(20)15(17)22-4-9(3-19)13(21)6-22/h2,5,8-9,13H,3-4,6-7,21H2,1H3,(H,25,26). The third-order valence-electron chi connectivity index (χ3n) is 5.38. The highest BCUT2D eigenvalue weighted by molar-refractivity contribution is 5.97. The number of nitrogens with zero attached hydrogens (tertiary/aromatic N) is 2. The number of ether oxygens (including phenoxy) is 1. The molecule has 3 atom stereocenters.